The van der Waals surface area contributed by atoms with Gasteiger partial charge < -0.3 is 9.26 Å². The van der Waals surface area contributed by atoms with Crippen molar-refractivity contribution in [2.45, 2.75) is 39.7 Å². The second kappa shape index (κ2) is 10.9. The van der Waals surface area contributed by atoms with E-state index < -0.39 is 24.5 Å². The number of nitrogens with zero attached hydrogens (tertiary/aromatic N) is 1. The van der Waals surface area contributed by atoms with Crippen molar-refractivity contribution < 1.29 is 23.5 Å². The molecule has 9 heteroatoms. The van der Waals surface area contributed by atoms with Gasteiger partial charge in [-0.2, -0.15) is 0 Å². The molecule has 1 N–H and O–H groups in total. The number of hydrogen-bond acceptors (Lipinski definition) is 6. The van der Waals surface area contributed by atoms with Crippen LogP contribution in [-0.2, 0) is 14.1 Å². The summed E-state index contributed by atoms with van der Waals surface area (Å²) in [5, 5.41) is 14.0. The zero-order chi connectivity index (χ0) is 22.1. The lowest BCUT2D eigenvalue weighted by atomic mass is 10.1. The van der Waals surface area contributed by atoms with Gasteiger partial charge in [0.25, 0.3) is 5.69 Å². The maximum atomic E-state index is 13.7. The smallest absolute Gasteiger partial charge is 0.347 e. The maximum absolute atomic E-state index is 13.7. The minimum absolute atomic E-state index is 0.108. The van der Waals surface area contributed by atoms with Gasteiger partial charge in [-0.05, 0) is 37.1 Å². The molecule has 0 aliphatic heterocycles. The number of nitro groups is 1. The van der Waals surface area contributed by atoms with Gasteiger partial charge in [-0.1, -0.05) is 44.9 Å². The molecule has 0 aliphatic rings. The molecule has 0 radical (unpaired) electrons. The Morgan fingerprint density at radius 3 is 2.23 bits per heavy atom. The van der Waals surface area contributed by atoms with Crippen molar-refractivity contribution in [3.05, 3.63) is 64.7 Å². The molecule has 2 atom stereocenters. The third kappa shape index (κ3) is 6.40. The van der Waals surface area contributed by atoms with E-state index in [9.17, 15) is 19.5 Å². The minimum atomic E-state index is -3.72. The van der Waals surface area contributed by atoms with Crippen molar-refractivity contribution in [2.75, 3.05) is 6.61 Å². The van der Waals surface area contributed by atoms with Crippen LogP contribution in [0.3, 0.4) is 0 Å². The maximum Gasteiger partial charge on any atom is 0.347 e. The van der Waals surface area contributed by atoms with Crippen LogP contribution in [0.2, 0.25) is 0 Å². The van der Waals surface area contributed by atoms with Gasteiger partial charge in [0.15, 0.2) is 0 Å². The summed E-state index contributed by atoms with van der Waals surface area (Å²) in [5.41, 5.74) is -0.108. The molecule has 0 saturated carbocycles. The first-order valence-electron chi connectivity index (χ1n) is 9.83. The number of esters is 1. The lowest BCUT2D eigenvalue weighted by Gasteiger charge is -2.24. The normalized spacial score (nSPS) is 14.0. The molecular formula is C21H27N2O6P. The van der Waals surface area contributed by atoms with Gasteiger partial charge in [0.1, 0.15) is 11.8 Å². The van der Waals surface area contributed by atoms with Crippen LogP contribution >= 0.6 is 7.52 Å². The summed E-state index contributed by atoms with van der Waals surface area (Å²) in [4.78, 5) is 22.7. The van der Waals surface area contributed by atoms with Gasteiger partial charge in [-0.3, -0.25) is 19.5 Å². The molecule has 0 spiro atoms. The lowest BCUT2D eigenvalue weighted by molar-refractivity contribution is -0.384. The minimum Gasteiger partial charge on any atom is -0.464 e. The molecule has 0 fully saturated rings. The highest BCUT2D eigenvalue weighted by Crippen LogP contribution is 2.43. The molecule has 0 aromatic heterocycles. The van der Waals surface area contributed by atoms with E-state index in [1.165, 1.54) is 24.3 Å². The van der Waals surface area contributed by atoms with E-state index in [0.717, 1.165) is 12.8 Å². The van der Waals surface area contributed by atoms with Crippen LogP contribution in [0.4, 0.5) is 5.69 Å². The van der Waals surface area contributed by atoms with Gasteiger partial charge in [-0.15, -0.1) is 0 Å². The van der Waals surface area contributed by atoms with Crippen LogP contribution in [0.5, 0.6) is 5.75 Å². The highest BCUT2D eigenvalue weighted by atomic mass is 31.2. The molecule has 0 unspecified atom stereocenters. The second-order valence-electron chi connectivity index (χ2n) is 6.89. The van der Waals surface area contributed by atoms with Gasteiger partial charge in [0, 0.05) is 12.1 Å². The number of benzene rings is 2. The number of ether oxygens (including phenoxy) is 1. The molecule has 30 heavy (non-hydrogen) atoms. The van der Waals surface area contributed by atoms with Crippen LogP contribution in [-0.4, -0.2) is 23.5 Å². The average molecular weight is 434 g/mol. The first kappa shape index (κ1) is 23.6. The van der Waals surface area contributed by atoms with Crippen LogP contribution in [0.25, 0.3) is 0 Å². The molecular weight excluding hydrogens is 407 g/mol. The highest BCUT2D eigenvalue weighted by molar-refractivity contribution is 7.65. The number of carbonyl (C=O) groups is 1. The van der Waals surface area contributed by atoms with Crippen molar-refractivity contribution in [3.8, 4) is 5.75 Å². The summed E-state index contributed by atoms with van der Waals surface area (Å²) in [6.07, 6.45) is 1.80. The number of carbonyl (C=O) groups excluding carboxylic acids is 1. The molecule has 162 valence electrons. The van der Waals surface area contributed by atoms with E-state index in [4.69, 9.17) is 9.26 Å². The number of nitro benzene ring substituents is 1. The largest absolute Gasteiger partial charge is 0.464 e. The summed E-state index contributed by atoms with van der Waals surface area (Å²) in [7, 11) is -3.72. The van der Waals surface area contributed by atoms with E-state index in [0.29, 0.717) is 11.9 Å². The van der Waals surface area contributed by atoms with Crippen LogP contribution in [0.1, 0.15) is 33.6 Å². The van der Waals surface area contributed by atoms with Crippen molar-refractivity contribution in [3.63, 3.8) is 0 Å². The Balaban J connectivity index is 2.19. The van der Waals surface area contributed by atoms with E-state index in [1.807, 2.05) is 13.8 Å². The standard InChI is InChI=1S/C21H27N2O6P/c1-4-17(5-2)15-28-21(24)16(3)22-30(27,20-9-7-6-8-10-20)29-19-13-11-18(12-14-19)23(25)26/h6-14,16-17H,4-5,15H2,1-3H3,(H,22,27)/t16-,30-/m0/s1. The van der Waals surface area contributed by atoms with Crippen LogP contribution in [0, 0.1) is 16.0 Å². The molecule has 2 aromatic carbocycles. The fraction of sp³-hybridized carbons (Fsp3) is 0.381. The number of rotatable bonds is 11. The lowest BCUT2D eigenvalue weighted by Crippen LogP contribution is -2.38. The molecule has 0 bridgehead atoms. The Labute approximate surface area is 176 Å². The van der Waals surface area contributed by atoms with Crippen molar-refractivity contribution in [1.29, 1.82) is 0 Å². The Morgan fingerprint density at radius 2 is 1.70 bits per heavy atom. The van der Waals surface area contributed by atoms with Gasteiger partial charge in [-0.25, -0.2) is 5.09 Å². The number of nitrogens with one attached hydrogen (secondary N) is 1. The molecule has 2 aromatic rings. The first-order valence-corrected chi connectivity index (χ1v) is 11.5. The number of hydrogen-bond donors (Lipinski definition) is 1. The topological polar surface area (TPSA) is 108 Å². The predicted octanol–water partition coefficient (Wildman–Crippen LogP) is 4.45. The third-order valence-electron chi connectivity index (χ3n) is 4.71. The summed E-state index contributed by atoms with van der Waals surface area (Å²) < 4.78 is 24.8. The SMILES string of the molecule is CCC(CC)COC(=O)[C@H](C)N[P@@](=O)(Oc1ccc([N+](=O)[O-])cc1)c1ccccc1. The molecule has 8 nitrogen and oxygen atoms in total. The molecule has 0 saturated heterocycles. The Morgan fingerprint density at radius 1 is 1.10 bits per heavy atom. The summed E-state index contributed by atoms with van der Waals surface area (Å²) in [6.45, 7) is 5.93. The third-order valence-corrected chi connectivity index (χ3v) is 6.88. The quantitative estimate of drug-likeness (QED) is 0.241. The first-order chi connectivity index (χ1) is 14.3. The van der Waals surface area contributed by atoms with Crippen molar-refractivity contribution >= 4 is 24.5 Å². The fourth-order valence-electron chi connectivity index (χ4n) is 2.71. The van der Waals surface area contributed by atoms with Crippen molar-refractivity contribution in [2.24, 2.45) is 5.92 Å². The Hall–Kier alpha value is -2.70. The summed E-state index contributed by atoms with van der Waals surface area (Å²) in [5.74, 6) is -0.0679. The van der Waals surface area contributed by atoms with E-state index in [1.54, 1.807) is 37.3 Å². The monoisotopic (exact) mass is 434 g/mol. The zero-order valence-electron chi connectivity index (χ0n) is 17.3. The zero-order valence-corrected chi connectivity index (χ0v) is 18.2. The van der Waals surface area contributed by atoms with Gasteiger partial charge >= 0.3 is 13.5 Å². The average Bonchev–Trinajstić information content (AvgIpc) is 2.75. The van der Waals surface area contributed by atoms with Crippen molar-refractivity contribution in [1.82, 2.24) is 5.09 Å². The fourth-order valence-corrected chi connectivity index (χ4v) is 4.62. The molecule has 0 aliphatic carbocycles. The molecule has 0 amide bonds. The number of non-ortho nitro benzene ring substituents is 1. The van der Waals surface area contributed by atoms with Gasteiger partial charge in [0.2, 0.25) is 0 Å². The van der Waals surface area contributed by atoms with E-state index in [-0.39, 0.29) is 17.4 Å². The van der Waals surface area contributed by atoms with Gasteiger partial charge in [0.05, 0.1) is 16.8 Å². The molecule has 0 heterocycles. The summed E-state index contributed by atoms with van der Waals surface area (Å²) >= 11 is 0. The second-order valence-corrected chi connectivity index (χ2v) is 8.95. The van der Waals surface area contributed by atoms with Crippen LogP contribution in [0.15, 0.2) is 54.6 Å². The van der Waals surface area contributed by atoms with E-state index in [2.05, 4.69) is 5.09 Å². The predicted molar refractivity (Wildman–Crippen MR) is 115 cm³/mol. The highest BCUT2D eigenvalue weighted by Gasteiger charge is 2.32. The Bertz CT molecular complexity index is 884. The van der Waals surface area contributed by atoms with E-state index >= 15 is 0 Å². The molecule has 2 rings (SSSR count). The van der Waals surface area contributed by atoms with Crippen LogP contribution < -0.4 is 14.9 Å². The summed E-state index contributed by atoms with van der Waals surface area (Å²) in [6, 6.07) is 12.8. The Kier molecular flexibility index (Phi) is 8.57.